The molecule has 8 nitrogen and oxygen atoms in total. The fourth-order valence-electron chi connectivity index (χ4n) is 4.99. The first-order chi connectivity index (χ1) is 18.5. The van der Waals surface area contributed by atoms with E-state index in [2.05, 4.69) is 0 Å². The van der Waals surface area contributed by atoms with E-state index in [9.17, 15) is 14.7 Å². The van der Waals surface area contributed by atoms with Crippen molar-refractivity contribution in [3.63, 3.8) is 0 Å². The van der Waals surface area contributed by atoms with E-state index in [1.54, 1.807) is 13.2 Å². The second-order valence-corrected chi connectivity index (χ2v) is 9.45. The Balaban J connectivity index is 1.46. The number of carboxylic acids is 1. The van der Waals surface area contributed by atoms with Gasteiger partial charge in [0.05, 0.1) is 19.8 Å². The fraction of sp³-hybridized carbons (Fsp3) is 0.333. The van der Waals surface area contributed by atoms with Crippen LogP contribution in [0.4, 0.5) is 0 Å². The maximum atomic E-state index is 14.0. The zero-order valence-electron chi connectivity index (χ0n) is 21.2. The topological polar surface area (TPSA) is 94.5 Å². The molecule has 3 atom stereocenters. The minimum absolute atomic E-state index is 0.0891. The number of carboxylic acid groups (broad SMARTS) is 1. The number of amides is 1. The number of rotatable bonds is 9. The molecule has 1 N–H and O–H groups in total. The quantitative estimate of drug-likeness (QED) is 0.456. The molecule has 0 spiro atoms. The first-order valence-corrected chi connectivity index (χ1v) is 12.7. The van der Waals surface area contributed by atoms with Crippen molar-refractivity contribution >= 4 is 11.9 Å². The van der Waals surface area contributed by atoms with Gasteiger partial charge in [-0.25, -0.2) is 4.79 Å². The number of methoxy groups -OCH3 is 1. The van der Waals surface area contributed by atoms with Crippen molar-refractivity contribution in [2.45, 2.75) is 44.2 Å². The average Bonchev–Trinajstić information content (AvgIpc) is 3.48. The highest BCUT2D eigenvalue weighted by atomic mass is 16.6. The molecule has 5 rings (SSSR count). The van der Waals surface area contributed by atoms with E-state index in [1.165, 1.54) is 4.90 Å². The minimum atomic E-state index is -1.09. The van der Waals surface area contributed by atoms with Crippen LogP contribution in [-0.2, 0) is 38.6 Å². The molecule has 198 valence electrons. The Morgan fingerprint density at radius 3 is 2.45 bits per heavy atom. The van der Waals surface area contributed by atoms with E-state index in [-0.39, 0.29) is 25.0 Å². The molecule has 0 saturated carbocycles. The minimum Gasteiger partial charge on any atom is -0.493 e. The number of aliphatic carboxylic acids is 1. The number of carbonyl (C=O) groups excluding carboxylic acids is 1. The van der Waals surface area contributed by atoms with Gasteiger partial charge in [0.25, 0.3) is 5.91 Å². The van der Waals surface area contributed by atoms with Gasteiger partial charge in [0.15, 0.2) is 17.6 Å². The normalized spacial score (nSPS) is 19.4. The first-order valence-electron chi connectivity index (χ1n) is 12.7. The van der Waals surface area contributed by atoms with E-state index in [0.29, 0.717) is 43.3 Å². The summed E-state index contributed by atoms with van der Waals surface area (Å²) in [6.45, 7) is 1.40. The van der Waals surface area contributed by atoms with Crippen LogP contribution in [0.15, 0.2) is 72.8 Å². The van der Waals surface area contributed by atoms with Gasteiger partial charge in [-0.15, -0.1) is 0 Å². The predicted octanol–water partition coefficient (Wildman–Crippen LogP) is 4.16. The molecule has 3 aromatic carbocycles. The highest BCUT2D eigenvalue weighted by Crippen LogP contribution is 2.40. The van der Waals surface area contributed by atoms with Gasteiger partial charge in [0.2, 0.25) is 0 Å². The standard InChI is InChI=1S/C30H31NO7/c1-35-26-13-12-22-17-31(29(32)27(21-10-6-3-7-11-21)38-23-14-15-36-19-23)25(30(33)34)16-24(22)28(26)37-18-20-8-4-2-5-9-20/h2-13,23,25,27H,14-19H2,1H3,(H,33,34)/t23?,25-,27-/m0/s1. The van der Waals surface area contributed by atoms with Crippen molar-refractivity contribution in [2.24, 2.45) is 0 Å². The van der Waals surface area contributed by atoms with Crippen LogP contribution in [0.1, 0.15) is 34.8 Å². The zero-order chi connectivity index (χ0) is 26.5. The molecule has 1 unspecified atom stereocenters. The smallest absolute Gasteiger partial charge is 0.326 e. The molecule has 1 saturated heterocycles. The number of benzene rings is 3. The van der Waals surface area contributed by atoms with E-state index in [1.807, 2.05) is 66.7 Å². The third-order valence-electron chi connectivity index (χ3n) is 6.99. The van der Waals surface area contributed by atoms with Crippen LogP contribution in [-0.4, -0.2) is 54.4 Å². The molecular formula is C30H31NO7. The monoisotopic (exact) mass is 517 g/mol. The van der Waals surface area contributed by atoms with Gasteiger partial charge >= 0.3 is 5.97 Å². The highest BCUT2D eigenvalue weighted by molar-refractivity contribution is 5.88. The number of nitrogens with zero attached hydrogens (tertiary/aromatic N) is 1. The number of carbonyl (C=O) groups is 2. The summed E-state index contributed by atoms with van der Waals surface area (Å²) in [5.74, 6) is -0.443. The average molecular weight is 518 g/mol. The lowest BCUT2D eigenvalue weighted by Gasteiger charge is -2.37. The Bertz CT molecular complexity index is 1260. The van der Waals surface area contributed by atoms with E-state index < -0.39 is 18.1 Å². The summed E-state index contributed by atoms with van der Waals surface area (Å²) in [6.07, 6.45) is -0.389. The molecule has 1 fully saturated rings. The molecule has 2 heterocycles. The van der Waals surface area contributed by atoms with Crippen molar-refractivity contribution in [3.8, 4) is 11.5 Å². The lowest BCUT2D eigenvalue weighted by Crippen LogP contribution is -2.51. The summed E-state index contributed by atoms with van der Waals surface area (Å²) >= 11 is 0. The Kier molecular flexibility index (Phi) is 7.91. The summed E-state index contributed by atoms with van der Waals surface area (Å²) in [7, 11) is 1.55. The molecule has 2 aliphatic rings. The Morgan fingerprint density at radius 1 is 1.05 bits per heavy atom. The van der Waals surface area contributed by atoms with Crippen molar-refractivity contribution in [2.75, 3.05) is 20.3 Å². The Morgan fingerprint density at radius 2 is 1.79 bits per heavy atom. The predicted molar refractivity (Wildman–Crippen MR) is 139 cm³/mol. The third-order valence-corrected chi connectivity index (χ3v) is 6.99. The second-order valence-electron chi connectivity index (χ2n) is 9.45. The van der Waals surface area contributed by atoms with E-state index >= 15 is 0 Å². The van der Waals surface area contributed by atoms with Gasteiger partial charge in [-0.3, -0.25) is 4.79 Å². The van der Waals surface area contributed by atoms with Crippen molar-refractivity contribution in [1.29, 1.82) is 0 Å². The molecule has 8 heteroatoms. The van der Waals surface area contributed by atoms with E-state index in [4.69, 9.17) is 18.9 Å². The largest absolute Gasteiger partial charge is 0.493 e. The van der Waals surface area contributed by atoms with Gasteiger partial charge in [0.1, 0.15) is 12.6 Å². The number of ether oxygens (including phenoxy) is 4. The number of hydrogen-bond acceptors (Lipinski definition) is 6. The van der Waals surface area contributed by atoms with Crippen molar-refractivity contribution < 1.29 is 33.6 Å². The second kappa shape index (κ2) is 11.7. The molecule has 38 heavy (non-hydrogen) atoms. The molecular weight excluding hydrogens is 486 g/mol. The Hall–Kier alpha value is -3.88. The van der Waals surface area contributed by atoms with Gasteiger partial charge in [0, 0.05) is 25.1 Å². The maximum absolute atomic E-state index is 14.0. The lowest BCUT2D eigenvalue weighted by atomic mass is 9.91. The molecule has 0 bridgehead atoms. The van der Waals surface area contributed by atoms with Crippen LogP contribution in [0.2, 0.25) is 0 Å². The van der Waals surface area contributed by atoms with Crippen LogP contribution >= 0.6 is 0 Å². The van der Waals surface area contributed by atoms with Crippen LogP contribution in [0, 0.1) is 0 Å². The molecule has 3 aromatic rings. The Labute approximate surface area is 221 Å². The highest BCUT2D eigenvalue weighted by Gasteiger charge is 2.41. The van der Waals surface area contributed by atoms with Crippen LogP contribution in [0.3, 0.4) is 0 Å². The first kappa shape index (κ1) is 25.8. The lowest BCUT2D eigenvalue weighted by molar-refractivity contribution is -0.160. The van der Waals surface area contributed by atoms with Crippen molar-refractivity contribution in [3.05, 3.63) is 95.1 Å². The fourth-order valence-corrected chi connectivity index (χ4v) is 4.99. The zero-order valence-corrected chi connectivity index (χ0v) is 21.2. The maximum Gasteiger partial charge on any atom is 0.326 e. The van der Waals surface area contributed by atoms with Crippen LogP contribution < -0.4 is 9.47 Å². The van der Waals surface area contributed by atoms with E-state index in [0.717, 1.165) is 16.7 Å². The SMILES string of the molecule is COc1ccc2c(c1OCc1ccccc1)C[C@@H](C(=O)O)N(C(=O)[C@@H](OC1CCOC1)c1ccccc1)C2. The van der Waals surface area contributed by atoms with Crippen molar-refractivity contribution in [1.82, 2.24) is 4.90 Å². The summed E-state index contributed by atoms with van der Waals surface area (Å²) in [4.78, 5) is 27.9. The molecule has 0 aliphatic carbocycles. The third kappa shape index (κ3) is 5.51. The summed E-state index contributed by atoms with van der Waals surface area (Å²) in [5.41, 5.74) is 3.21. The molecule has 2 aliphatic heterocycles. The van der Waals surface area contributed by atoms with Gasteiger partial charge in [-0.05, 0) is 29.2 Å². The van der Waals surface area contributed by atoms with Crippen LogP contribution in [0.5, 0.6) is 11.5 Å². The summed E-state index contributed by atoms with van der Waals surface area (Å²) in [5, 5.41) is 10.2. The molecule has 0 radical (unpaired) electrons. The van der Waals surface area contributed by atoms with Crippen LogP contribution in [0.25, 0.3) is 0 Å². The summed E-state index contributed by atoms with van der Waals surface area (Å²) in [6, 6.07) is 21.5. The number of fused-ring (bicyclic) bond motifs is 1. The number of hydrogen-bond donors (Lipinski definition) is 1. The van der Waals surface area contributed by atoms with Gasteiger partial charge in [-0.2, -0.15) is 0 Å². The van der Waals surface area contributed by atoms with Gasteiger partial charge in [-0.1, -0.05) is 66.7 Å². The summed E-state index contributed by atoms with van der Waals surface area (Å²) < 4.78 is 23.4. The molecule has 1 amide bonds. The molecule has 0 aromatic heterocycles. The van der Waals surface area contributed by atoms with Gasteiger partial charge < -0.3 is 29.0 Å².